The molecule has 3 rings (SSSR count). The molecular weight excluding hydrogens is 420 g/mol. The van der Waals surface area contributed by atoms with Crippen LogP contribution in [0.3, 0.4) is 0 Å². The number of aromatic nitrogens is 1. The van der Waals surface area contributed by atoms with Gasteiger partial charge in [-0.2, -0.15) is 4.73 Å². The van der Waals surface area contributed by atoms with Gasteiger partial charge in [0.05, 0.1) is 17.8 Å². The zero-order valence-electron chi connectivity index (χ0n) is 15.7. The molecule has 10 nitrogen and oxygen atoms in total. The highest BCUT2D eigenvalue weighted by Gasteiger charge is 2.30. The van der Waals surface area contributed by atoms with E-state index in [1.807, 2.05) is 0 Å². The lowest BCUT2D eigenvalue weighted by molar-refractivity contribution is -0.609. The third-order valence-electron chi connectivity index (χ3n) is 4.30. The van der Waals surface area contributed by atoms with Gasteiger partial charge < -0.3 is 24.6 Å². The number of aryl methyl sites for hydroxylation is 1. The van der Waals surface area contributed by atoms with Gasteiger partial charge in [-0.05, 0) is 36.2 Å². The summed E-state index contributed by atoms with van der Waals surface area (Å²) in [6, 6.07) is 4.96. The number of hydrogen-bond donors (Lipinski definition) is 2. The first-order valence-electron chi connectivity index (χ1n) is 8.55. The Labute approximate surface area is 174 Å². The Bertz CT molecular complexity index is 1170. The number of rotatable bonds is 5. The summed E-state index contributed by atoms with van der Waals surface area (Å²) in [5.41, 5.74) is -0.462. The maximum atomic E-state index is 12.7. The van der Waals surface area contributed by atoms with E-state index in [9.17, 15) is 30.3 Å². The van der Waals surface area contributed by atoms with E-state index in [1.54, 1.807) is 13.8 Å². The highest BCUT2D eigenvalue weighted by Crippen LogP contribution is 2.43. The number of carbonyl (C=O) groups is 1. The first-order valence-corrected chi connectivity index (χ1v) is 8.93. The van der Waals surface area contributed by atoms with E-state index in [0.717, 1.165) is 18.4 Å². The minimum absolute atomic E-state index is 0.00767. The SMILES string of the molecule is CCOC(=O)c1c(-c2cc(O)c(O)c([N+](=O)[O-])c2)coc1-c1ccc(C)[n+]([O-])c1Cl. The van der Waals surface area contributed by atoms with Crippen LogP contribution in [0.4, 0.5) is 5.69 Å². The number of pyridine rings is 1. The molecule has 156 valence electrons. The van der Waals surface area contributed by atoms with Gasteiger partial charge in [0.2, 0.25) is 5.75 Å². The number of nitro groups is 1. The van der Waals surface area contributed by atoms with Gasteiger partial charge in [-0.15, -0.1) is 0 Å². The molecule has 0 saturated carbocycles. The molecule has 0 unspecified atom stereocenters. The highest BCUT2D eigenvalue weighted by atomic mass is 35.5. The van der Waals surface area contributed by atoms with Crippen LogP contribution in [0.2, 0.25) is 5.15 Å². The molecule has 0 aliphatic carbocycles. The summed E-state index contributed by atoms with van der Waals surface area (Å²) in [6.07, 6.45) is 1.11. The number of nitrogens with zero attached hydrogens (tertiary/aromatic N) is 2. The molecule has 0 spiro atoms. The molecule has 11 heteroatoms. The van der Waals surface area contributed by atoms with Gasteiger partial charge in [0, 0.05) is 24.6 Å². The number of hydrogen-bond acceptors (Lipinski definition) is 8. The highest BCUT2D eigenvalue weighted by molar-refractivity contribution is 6.31. The van der Waals surface area contributed by atoms with Gasteiger partial charge >= 0.3 is 11.7 Å². The van der Waals surface area contributed by atoms with E-state index in [0.29, 0.717) is 10.4 Å². The standard InChI is InChI=1S/C19H15ClN2O8/c1-3-29-19(25)15-12(10-6-13(22(27)28)16(24)14(23)7-10)8-30-17(15)11-5-4-9(2)21(26)18(11)20/h4-8,23-24H,3H2,1-2H3. The second-order valence-corrected chi connectivity index (χ2v) is 6.53. The van der Waals surface area contributed by atoms with Crippen LogP contribution in [-0.2, 0) is 4.74 Å². The van der Waals surface area contributed by atoms with E-state index in [-0.39, 0.29) is 39.8 Å². The van der Waals surface area contributed by atoms with Gasteiger partial charge in [0.15, 0.2) is 17.2 Å². The zero-order chi connectivity index (χ0) is 22.2. The maximum absolute atomic E-state index is 12.7. The number of nitro benzene ring substituents is 1. The van der Waals surface area contributed by atoms with Crippen LogP contribution < -0.4 is 4.73 Å². The molecule has 0 atom stereocenters. The lowest BCUT2D eigenvalue weighted by Gasteiger charge is -2.09. The fraction of sp³-hybridized carbons (Fsp3) is 0.158. The largest absolute Gasteiger partial charge is 0.617 e. The minimum Gasteiger partial charge on any atom is -0.617 e. The second kappa shape index (κ2) is 7.91. The number of halogens is 1. The number of phenols is 2. The fourth-order valence-electron chi connectivity index (χ4n) is 2.85. The van der Waals surface area contributed by atoms with Crippen LogP contribution >= 0.6 is 11.6 Å². The summed E-state index contributed by atoms with van der Waals surface area (Å²) in [5, 5.41) is 42.7. The molecule has 30 heavy (non-hydrogen) atoms. The van der Waals surface area contributed by atoms with Gasteiger partial charge in [-0.3, -0.25) is 10.1 Å². The predicted molar refractivity (Wildman–Crippen MR) is 104 cm³/mol. The summed E-state index contributed by atoms with van der Waals surface area (Å²) in [7, 11) is 0. The fourth-order valence-corrected chi connectivity index (χ4v) is 3.13. The van der Waals surface area contributed by atoms with E-state index in [4.69, 9.17) is 20.8 Å². The first-order chi connectivity index (χ1) is 14.2. The van der Waals surface area contributed by atoms with Crippen LogP contribution in [-0.4, -0.2) is 27.7 Å². The Balaban J connectivity index is 2.30. The summed E-state index contributed by atoms with van der Waals surface area (Å²) < 4.78 is 11.0. The number of aromatic hydroxyl groups is 2. The lowest BCUT2D eigenvalue weighted by atomic mass is 9.99. The average Bonchev–Trinajstić information content (AvgIpc) is 3.13. The summed E-state index contributed by atoms with van der Waals surface area (Å²) in [5.74, 6) is -2.60. The molecule has 0 bridgehead atoms. The molecule has 0 radical (unpaired) electrons. The second-order valence-electron chi connectivity index (χ2n) is 6.17. The van der Waals surface area contributed by atoms with Gasteiger partial charge in [-0.25, -0.2) is 4.79 Å². The quantitative estimate of drug-likeness (QED) is 0.117. The van der Waals surface area contributed by atoms with Crippen molar-refractivity contribution in [1.82, 2.24) is 0 Å². The molecule has 3 aromatic rings. The van der Waals surface area contributed by atoms with Crippen LogP contribution in [0.15, 0.2) is 34.9 Å². The molecule has 0 saturated heterocycles. The Morgan fingerprint density at radius 2 is 2.00 bits per heavy atom. The molecular formula is C19H15ClN2O8. The van der Waals surface area contributed by atoms with Gasteiger partial charge in [-0.1, -0.05) is 0 Å². The molecule has 1 aromatic carbocycles. The van der Waals surface area contributed by atoms with E-state index < -0.39 is 28.1 Å². The lowest BCUT2D eigenvalue weighted by Crippen LogP contribution is -2.31. The monoisotopic (exact) mass is 434 g/mol. The van der Waals surface area contributed by atoms with Crippen molar-refractivity contribution in [2.75, 3.05) is 6.61 Å². The van der Waals surface area contributed by atoms with Crippen molar-refractivity contribution < 1.29 is 33.8 Å². The predicted octanol–water partition coefficient (Wildman–Crippen LogP) is 3.70. The number of esters is 1. The molecule has 0 amide bonds. The van der Waals surface area contributed by atoms with Crippen molar-refractivity contribution >= 4 is 23.3 Å². The number of carbonyl (C=O) groups excluding carboxylic acids is 1. The molecule has 2 aromatic heterocycles. The van der Waals surface area contributed by atoms with Gasteiger partial charge in [0.1, 0.15) is 11.1 Å². The average molecular weight is 435 g/mol. The van der Waals surface area contributed by atoms with Crippen molar-refractivity contribution in [3.63, 3.8) is 0 Å². The Kier molecular flexibility index (Phi) is 5.52. The molecule has 2 heterocycles. The Hall–Kier alpha value is -3.79. The van der Waals surface area contributed by atoms with Crippen molar-refractivity contribution in [2.45, 2.75) is 13.8 Å². The topological polar surface area (TPSA) is 150 Å². The number of furan rings is 1. The summed E-state index contributed by atoms with van der Waals surface area (Å²) >= 11 is 6.13. The smallest absolute Gasteiger partial charge is 0.342 e. The number of benzene rings is 1. The maximum Gasteiger partial charge on any atom is 0.342 e. The van der Waals surface area contributed by atoms with Crippen LogP contribution in [0.1, 0.15) is 23.0 Å². The van der Waals surface area contributed by atoms with Crippen molar-refractivity contribution in [3.8, 4) is 33.9 Å². The number of ether oxygens (including phenoxy) is 1. The van der Waals surface area contributed by atoms with E-state index >= 15 is 0 Å². The minimum atomic E-state index is -0.917. The van der Waals surface area contributed by atoms with Crippen LogP contribution in [0.5, 0.6) is 11.5 Å². The normalized spacial score (nSPS) is 10.8. The van der Waals surface area contributed by atoms with Crippen molar-refractivity contribution in [3.05, 3.63) is 62.3 Å². The molecule has 2 N–H and O–H groups in total. The van der Waals surface area contributed by atoms with Crippen molar-refractivity contribution in [2.24, 2.45) is 0 Å². The van der Waals surface area contributed by atoms with Crippen LogP contribution in [0.25, 0.3) is 22.5 Å². The first kappa shape index (κ1) is 20.9. The third-order valence-corrected chi connectivity index (χ3v) is 4.66. The molecule has 0 aliphatic heterocycles. The summed E-state index contributed by atoms with van der Waals surface area (Å²) in [4.78, 5) is 23.0. The third kappa shape index (κ3) is 3.48. The Morgan fingerprint density at radius 1 is 1.30 bits per heavy atom. The van der Waals surface area contributed by atoms with Gasteiger partial charge in [0.25, 0.3) is 5.15 Å². The van der Waals surface area contributed by atoms with Crippen LogP contribution in [0, 0.1) is 22.2 Å². The Morgan fingerprint density at radius 3 is 2.63 bits per heavy atom. The van der Waals surface area contributed by atoms with E-state index in [2.05, 4.69) is 0 Å². The molecule has 0 aliphatic rings. The van der Waals surface area contributed by atoms with Crippen molar-refractivity contribution in [1.29, 1.82) is 0 Å². The zero-order valence-corrected chi connectivity index (χ0v) is 16.5. The summed E-state index contributed by atoms with van der Waals surface area (Å²) in [6.45, 7) is 3.15. The molecule has 0 fully saturated rings. The number of phenolic OH excluding ortho intramolecular Hbond substituents is 2. The van der Waals surface area contributed by atoms with E-state index in [1.165, 1.54) is 12.1 Å².